The fourth-order valence-corrected chi connectivity index (χ4v) is 1.43. The highest BCUT2D eigenvalue weighted by atomic mass is 14.1. The van der Waals surface area contributed by atoms with E-state index in [2.05, 4.69) is 12.8 Å². The SMILES string of the molecule is C#CC1=C(C)CCCCC1. The van der Waals surface area contributed by atoms with Gasteiger partial charge in [0, 0.05) is 5.57 Å². The summed E-state index contributed by atoms with van der Waals surface area (Å²) in [6.45, 7) is 2.17. The van der Waals surface area contributed by atoms with E-state index in [1.807, 2.05) is 0 Å². The van der Waals surface area contributed by atoms with E-state index < -0.39 is 0 Å². The van der Waals surface area contributed by atoms with Crippen LogP contribution in [-0.2, 0) is 0 Å². The second-order valence-corrected chi connectivity index (χ2v) is 2.96. The monoisotopic (exact) mass is 134 g/mol. The van der Waals surface area contributed by atoms with Crippen molar-refractivity contribution in [3.63, 3.8) is 0 Å². The predicted molar refractivity (Wildman–Crippen MR) is 44.6 cm³/mol. The Morgan fingerprint density at radius 2 is 1.90 bits per heavy atom. The van der Waals surface area contributed by atoms with Crippen LogP contribution in [0, 0.1) is 12.3 Å². The van der Waals surface area contributed by atoms with Gasteiger partial charge in [0.1, 0.15) is 0 Å². The van der Waals surface area contributed by atoms with Crippen LogP contribution in [0.2, 0.25) is 0 Å². The molecule has 0 saturated heterocycles. The predicted octanol–water partition coefficient (Wildman–Crippen LogP) is 2.90. The summed E-state index contributed by atoms with van der Waals surface area (Å²) in [5.41, 5.74) is 2.71. The molecule has 0 radical (unpaired) electrons. The minimum atomic E-state index is 1.14. The van der Waals surface area contributed by atoms with Crippen LogP contribution in [0.15, 0.2) is 11.1 Å². The van der Waals surface area contributed by atoms with Crippen molar-refractivity contribution in [1.29, 1.82) is 0 Å². The molecule has 0 unspecified atom stereocenters. The maximum atomic E-state index is 5.36. The first-order chi connectivity index (χ1) is 4.84. The molecule has 0 atom stereocenters. The summed E-state index contributed by atoms with van der Waals surface area (Å²) in [6.07, 6.45) is 11.7. The van der Waals surface area contributed by atoms with Crippen LogP contribution in [0.1, 0.15) is 39.0 Å². The first-order valence-corrected chi connectivity index (χ1v) is 4.00. The molecule has 54 valence electrons. The molecule has 0 heterocycles. The second-order valence-electron chi connectivity index (χ2n) is 2.96. The van der Waals surface area contributed by atoms with Gasteiger partial charge in [-0.05, 0) is 32.6 Å². The topological polar surface area (TPSA) is 0 Å². The molecule has 0 N–H and O–H groups in total. The minimum Gasteiger partial charge on any atom is -0.115 e. The Morgan fingerprint density at radius 3 is 2.60 bits per heavy atom. The number of allylic oxidation sites excluding steroid dienone is 2. The van der Waals surface area contributed by atoms with E-state index in [0.717, 1.165) is 6.42 Å². The number of rotatable bonds is 0. The van der Waals surface area contributed by atoms with E-state index in [4.69, 9.17) is 6.42 Å². The zero-order chi connectivity index (χ0) is 7.40. The molecule has 0 fully saturated rings. The molecule has 10 heavy (non-hydrogen) atoms. The molecule has 0 nitrogen and oxygen atoms in total. The van der Waals surface area contributed by atoms with E-state index >= 15 is 0 Å². The van der Waals surface area contributed by atoms with Crippen molar-refractivity contribution >= 4 is 0 Å². The number of hydrogen-bond donors (Lipinski definition) is 0. The van der Waals surface area contributed by atoms with E-state index in [9.17, 15) is 0 Å². The van der Waals surface area contributed by atoms with Gasteiger partial charge in [0.15, 0.2) is 0 Å². The van der Waals surface area contributed by atoms with Crippen LogP contribution < -0.4 is 0 Å². The first-order valence-electron chi connectivity index (χ1n) is 4.00. The largest absolute Gasteiger partial charge is 0.115 e. The molecule has 0 amide bonds. The van der Waals surface area contributed by atoms with Gasteiger partial charge in [0.2, 0.25) is 0 Å². The van der Waals surface area contributed by atoms with Crippen molar-refractivity contribution in [3.8, 4) is 12.3 Å². The summed E-state index contributed by atoms with van der Waals surface area (Å²) in [7, 11) is 0. The van der Waals surface area contributed by atoms with Crippen molar-refractivity contribution in [2.75, 3.05) is 0 Å². The van der Waals surface area contributed by atoms with Gasteiger partial charge in [0.25, 0.3) is 0 Å². The molecular formula is C10H14. The van der Waals surface area contributed by atoms with Gasteiger partial charge in [-0.15, -0.1) is 6.42 Å². The van der Waals surface area contributed by atoms with Gasteiger partial charge in [-0.1, -0.05) is 17.9 Å². The molecule has 0 saturated carbocycles. The van der Waals surface area contributed by atoms with Crippen molar-refractivity contribution < 1.29 is 0 Å². The molecule has 0 aromatic rings. The second kappa shape index (κ2) is 3.46. The van der Waals surface area contributed by atoms with Gasteiger partial charge in [-0.2, -0.15) is 0 Å². The van der Waals surface area contributed by atoms with Crippen LogP contribution in [0.4, 0.5) is 0 Å². The van der Waals surface area contributed by atoms with Gasteiger partial charge in [0.05, 0.1) is 0 Å². The average molecular weight is 134 g/mol. The summed E-state index contributed by atoms with van der Waals surface area (Å²) >= 11 is 0. The van der Waals surface area contributed by atoms with Crippen molar-refractivity contribution in [3.05, 3.63) is 11.1 Å². The zero-order valence-electron chi connectivity index (χ0n) is 6.61. The summed E-state index contributed by atoms with van der Waals surface area (Å²) in [5.74, 6) is 2.77. The first kappa shape index (κ1) is 7.41. The number of hydrogen-bond acceptors (Lipinski definition) is 0. The zero-order valence-corrected chi connectivity index (χ0v) is 6.61. The van der Waals surface area contributed by atoms with Crippen LogP contribution in [0.5, 0.6) is 0 Å². The summed E-state index contributed by atoms with van der Waals surface area (Å²) in [5, 5.41) is 0. The average Bonchev–Trinajstić information content (AvgIpc) is 2.13. The maximum Gasteiger partial charge on any atom is 0.000682 e. The molecule has 1 rings (SSSR count). The molecular weight excluding hydrogens is 120 g/mol. The highest BCUT2D eigenvalue weighted by Gasteiger charge is 2.04. The Bertz CT molecular complexity index is 179. The lowest BCUT2D eigenvalue weighted by Gasteiger charge is -1.98. The molecule has 0 heteroatoms. The lowest BCUT2D eigenvalue weighted by atomic mass is 10.1. The Labute approximate surface area is 63.3 Å². The highest BCUT2D eigenvalue weighted by Crippen LogP contribution is 2.22. The normalized spacial score (nSPS) is 20.0. The van der Waals surface area contributed by atoms with Crippen molar-refractivity contribution in [2.45, 2.75) is 39.0 Å². The van der Waals surface area contributed by atoms with Gasteiger partial charge < -0.3 is 0 Å². The standard InChI is InChI=1S/C10H14/c1-3-10-8-6-4-5-7-9(10)2/h1H,4-8H2,2H3. The van der Waals surface area contributed by atoms with Gasteiger partial charge in [-0.3, -0.25) is 0 Å². The smallest absolute Gasteiger partial charge is 0.000682 e. The Kier molecular flexibility index (Phi) is 2.57. The van der Waals surface area contributed by atoms with Crippen LogP contribution in [0.25, 0.3) is 0 Å². The molecule has 0 aliphatic heterocycles. The summed E-state index contributed by atoms with van der Waals surface area (Å²) in [4.78, 5) is 0. The van der Waals surface area contributed by atoms with E-state index in [0.29, 0.717) is 0 Å². The van der Waals surface area contributed by atoms with Crippen molar-refractivity contribution in [2.24, 2.45) is 0 Å². The van der Waals surface area contributed by atoms with Gasteiger partial charge >= 0.3 is 0 Å². The van der Waals surface area contributed by atoms with Crippen LogP contribution in [-0.4, -0.2) is 0 Å². The summed E-state index contributed by atoms with van der Waals surface area (Å²) in [6, 6.07) is 0. The Hall–Kier alpha value is -0.700. The van der Waals surface area contributed by atoms with Crippen molar-refractivity contribution in [1.82, 2.24) is 0 Å². The fraction of sp³-hybridized carbons (Fsp3) is 0.600. The molecule has 0 aromatic carbocycles. The quantitative estimate of drug-likeness (QED) is 0.447. The minimum absolute atomic E-state index is 1.14. The molecule has 0 spiro atoms. The lowest BCUT2D eigenvalue weighted by molar-refractivity contribution is 0.709. The van der Waals surface area contributed by atoms with Crippen LogP contribution >= 0.6 is 0 Å². The number of terminal acetylenes is 1. The fourth-order valence-electron chi connectivity index (χ4n) is 1.43. The lowest BCUT2D eigenvalue weighted by Crippen LogP contribution is -1.81. The highest BCUT2D eigenvalue weighted by molar-refractivity contribution is 5.30. The molecule has 0 aromatic heterocycles. The Balaban J connectivity index is 2.70. The third kappa shape index (κ3) is 1.64. The third-order valence-corrected chi connectivity index (χ3v) is 2.17. The van der Waals surface area contributed by atoms with E-state index in [1.54, 1.807) is 0 Å². The summed E-state index contributed by atoms with van der Waals surface area (Å²) < 4.78 is 0. The Morgan fingerprint density at radius 1 is 1.20 bits per heavy atom. The molecule has 0 bridgehead atoms. The molecule has 1 aliphatic carbocycles. The van der Waals surface area contributed by atoms with E-state index in [-0.39, 0.29) is 0 Å². The van der Waals surface area contributed by atoms with Gasteiger partial charge in [-0.25, -0.2) is 0 Å². The van der Waals surface area contributed by atoms with E-state index in [1.165, 1.54) is 36.8 Å². The van der Waals surface area contributed by atoms with Crippen LogP contribution in [0.3, 0.4) is 0 Å². The maximum absolute atomic E-state index is 5.36. The molecule has 1 aliphatic rings. The third-order valence-electron chi connectivity index (χ3n) is 2.17.